The van der Waals surface area contributed by atoms with Gasteiger partial charge in [0.1, 0.15) is 11.9 Å². The molecule has 1 N–H and O–H groups in total. The first-order valence-corrected chi connectivity index (χ1v) is 8.26. The normalized spacial score (nSPS) is 12.1. The third-order valence-corrected chi connectivity index (χ3v) is 3.59. The molecule has 0 aliphatic carbocycles. The predicted octanol–water partition coefficient (Wildman–Crippen LogP) is 2.51. The highest BCUT2D eigenvalue weighted by molar-refractivity contribution is 5.93. The van der Waals surface area contributed by atoms with Gasteiger partial charge in [-0.15, -0.1) is 0 Å². The summed E-state index contributed by atoms with van der Waals surface area (Å²) in [6.45, 7) is 5.88. The van der Waals surface area contributed by atoms with Gasteiger partial charge in [0.05, 0.1) is 19.4 Å². The van der Waals surface area contributed by atoms with Gasteiger partial charge in [-0.1, -0.05) is 30.3 Å². The van der Waals surface area contributed by atoms with Gasteiger partial charge in [0, 0.05) is 19.2 Å². The molecular formula is C18H25N3O3. The van der Waals surface area contributed by atoms with Crippen molar-refractivity contribution in [3.8, 4) is 0 Å². The van der Waals surface area contributed by atoms with Crippen LogP contribution in [-0.2, 0) is 27.2 Å². The second-order valence-electron chi connectivity index (χ2n) is 5.37. The maximum atomic E-state index is 12.2. The number of aromatic nitrogens is 2. The summed E-state index contributed by atoms with van der Waals surface area (Å²) in [4.78, 5) is 12.2. The lowest BCUT2D eigenvalue weighted by Gasteiger charge is -2.14. The number of carbonyl (C=O) groups excluding carboxylic acids is 1. The Morgan fingerprint density at radius 1 is 1.25 bits per heavy atom. The molecule has 0 saturated heterocycles. The van der Waals surface area contributed by atoms with Crippen LogP contribution < -0.4 is 5.32 Å². The summed E-state index contributed by atoms with van der Waals surface area (Å²) in [5.74, 6) is 0.490. The number of hydrogen-bond donors (Lipinski definition) is 1. The number of rotatable bonds is 10. The van der Waals surface area contributed by atoms with Crippen molar-refractivity contribution in [2.75, 3.05) is 25.1 Å². The lowest BCUT2D eigenvalue weighted by Crippen LogP contribution is -2.30. The van der Waals surface area contributed by atoms with Gasteiger partial charge in [-0.25, -0.2) is 4.68 Å². The summed E-state index contributed by atoms with van der Waals surface area (Å²) in [6, 6.07) is 12.0. The first-order chi connectivity index (χ1) is 11.7. The molecule has 24 heavy (non-hydrogen) atoms. The van der Waals surface area contributed by atoms with E-state index in [2.05, 4.69) is 22.5 Å². The molecule has 0 aliphatic rings. The van der Waals surface area contributed by atoms with Crippen LogP contribution in [-0.4, -0.2) is 41.6 Å². The summed E-state index contributed by atoms with van der Waals surface area (Å²) in [5, 5.41) is 7.13. The van der Waals surface area contributed by atoms with Gasteiger partial charge in [-0.05, 0) is 25.8 Å². The van der Waals surface area contributed by atoms with Gasteiger partial charge in [0.2, 0.25) is 0 Å². The zero-order valence-corrected chi connectivity index (χ0v) is 14.3. The van der Waals surface area contributed by atoms with Crippen molar-refractivity contribution in [3.63, 3.8) is 0 Å². The summed E-state index contributed by atoms with van der Waals surface area (Å²) in [7, 11) is 0. The van der Waals surface area contributed by atoms with Crippen LogP contribution in [0.3, 0.4) is 0 Å². The van der Waals surface area contributed by atoms with Crippen molar-refractivity contribution in [1.82, 2.24) is 9.78 Å². The van der Waals surface area contributed by atoms with Crippen LogP contribution in [0.1, 0.15) is 19.4 Å². The Hall–Kier alpha value is -2.18. The highest BCUT2D eigenvalue weighted by atomic mass is 16.5. The van der Waals surface area contributed by atoms with Gasteiger partial charge in [-0.2, -0.15) is 5.10 Å². The van der Waals surface area contributed by atoms with Crippen molar-refractivity contribution < 1.29 is 14.3 Å². The first-order valence-electron chi connectivity index (χ1n) is 8.26. The monoisotopic (exact) mass is 331 g/mol. The van der Waals surface area contributed by atoms with Gasteiger partial charge in [0.15, 0.2) is 0 Å². The summed E-state index contributed by atoms with van der Waals surface area (Å²) in [5.41, 5.74) is 1.23. The summed E-state index contributed by atoms with van der Waals surface area (Å²) < 4.78 is 12.4. The highest BCUT2D eigenvalue weighted by Crippen LogP contribution is 2.10. The van der Waals surface area contributed by atoms with E-state index < -0.39 is 6.10 Å². The highest BCUT2D eigenvalue weighted by Gasteiger charge is 2.15. The van der Waals surface area contributed by atoms with Crippen LogP contribution in [0.4, 0.5) is 5.82 Å². The molecule has 1 amide bonds. The Morgan fingerprint density at radius 3 is 2.79 bits per heavy atom. The van der Waals surface area contributed by atoms with Gasteiger partial charge < -0.3 is 14.8 Å². The average Bonchev–Trinajstić information content (AvgIpc) is 3.04. The molecule has 0 fully saturated rings. The second kappa shape index (κ2) is 9.85. The summed E-state index contributed by atoms with van der Waals surface area (Å²) >= 11 is 0. The molecule has 6 heteroatoms. The molecule has 0 saturated carbocycles. The van der Waals surface area contributed by atoms with Crippen LogP contribution in [0.5, 0.6) is 0 Å². The number of nitrogens with zero attached hydrogens (tertiary/aromatic N) is 2. The van der Waals surface area contributed by atoms with Crippen molar-refractivity contribution >= 4 is 11.7 Å². The van der Waals surface area contributed by atoms with Gasteiger partial charge >= 0.3 is 0 Å². The Kier molecular flexibility index (Phi) is 7.45. The smallest absolute Gasteiger partial charge is 0.254 e. The Balaban J connectivity index is 1.82. The molecule has 6 nitrogen and oxygen atoms in total. The number of nitrogens with one attached hydrogen (secondary N) is 1. The molecule has 0 spiro atoms. The fourth-order valence-electron chi connectivity index (χ4n) is 2.23. The van der Waals surface area contributed by atoms with Crippen molar-refractivity contribution in [2.24, 2.45) is 0 Å². The van der Waals surface area contributed by atoms with E-state index >= 15 is 0 Å². The Bertz CT molecular complexity index is 613. The predicted molar refractivity (Wildman–Crippen MR) is 92.9 cm³/mol. The molecule has 2 aromatic rings. The molecule has 130 valence electrons. The van der Waals surface area contributed by atoms with E-state index in [-0.39, 0.29) is 5.91 Å². The molecular weight excluding hydrogens is 306 g/mol. The Morgan fingerprint density at radius 2 is 2.04 bits per heavy atom. The third-order valence-electron chi connectivity index (χ3n) is 3.59. The number of anilines is 1. The zero-order chi connectivity index (χ0) is 17.2. The van der Waals surface area contributed by atoms with Crippen LogP contribution in [0.2, 0.25) is 0 Å². The molecule has 0 radical (unpaired) electrons. The van der Waals surface area contributed by atoms with Crippen molar-refractivity contribution in [1.29, 1.82) is 0 Å². The standard InChI is InChI=1S/C18H25N3O3/c1-3-23-13-14-24-15(2)18(22)20-17-9-11-19-21(17)12-10-16-7-5-4-6-8-16/h4-9,11,15H,3,10,12-14H2,1-2H3,(H,20,22)/t15-/m1/s1. The molecule has 2 rings (SSSR count). The van der Waals surface area contributed by atoms with Crippen molar-refractivity contribution in [2.45, 2.75) is 32.9 Å². The van der Waals surface area contributed by atoms with Gasteiger partial charge in [-0.3, -0.25) is 4.79 Å². The largest absolute Gasteiger partial charge is 0.379 e. The van der Waals surface area contributed by atoms with Crippen molar-refractivity contribution in [3.05, 3.63) is 48.2 Å². The number of hydrogen-bond acceptors (Lipinski definition) is 4. The topological polar surface area (TPSA) is 65.4 Å². The number of ether oxygens (including phenoxy) is 2. The van der Waals surface area contributed by atoms with Crippen LogP contribution in [0.25, 0.3) is 0 Å². The van der Waals surface area contributed by atoms with Crippen LogP contribution in [0, 0.1) is 0 Å². The maximum Gasteiger partial charge on any atom is 0.254 e. The fraction of sp³-hybridized carbons (Fsp3) is 0.444. The van der Waals surface area contributed by atoms with E-state index in [1.807, 2.05) is 25.1 Å². The minimum absolute atomic E-state index is 0.187. The molecule has 1 atom stereocenters. The lowest BCUT2D eigenvalue weighted by atomic mass is 10.1. The number of amides is 1. The first kappa shape index (κ1) is 18.2. The van der Waals surface area contributed by atoms with Gasteiger partial charge in [0.25, 0.3) is 5.91 Å². The quantitative estimate of drug-likeness (QED) is 0.679. The number of benzene rings is 1. The number of carbonyl (C=O) groups is 1. The maximum absolute atomic E-state index is 12.2. The zero-order valence-electron chi connectivity index (χ0n) is 14.3. The molecule has 1 aromatic carbocycles. The molecule has 0 bridgehead atoms. The molecule has 1 aromatic heterocycles. The number of aryl methyl sites for hydroxylation is 2. The van der Waals surface area contributed by atoms with E-state index in [1.54, 1.807) is 23.9 Å². The summed E-state index contributed by atoms with van der Waals surface area (Å²) in [6.07, 6.45) is 2.00. The SMILES string of the molecule is CCOCCO[C@H](C)C(=O)Nc1ccnn1CCc1ccccc1. The third kappa shape index (κ3) is 5.79. The van der Waals surface area contributed by atoms with E-state index in [0.29, 0.717) is 32.2 Å². The molecule has 1 heterocycles. The lowest BCUT2D eigenvalue weighted by molar-refractivity contribution is -0.127. The van der Waals surface area contributed by atoms with E-state index in [0.717, 1.165) is 6.42 Å². The molecule has 0 unspecified atom stereocenters. The Labute approximate surface area is 142 Å². The van der Waals surface area contributed by atoms with Crippen LogP contribution >= 0.6 is 0 Å². The molecule has 0 aliphatic heterocycles. The fourth-order valence-corrected chi connectivity index (χ4v) is 2.23. The van der Waals surface area contributed by atoms with E-state index in [4.69, 9.17) is 9.47 Å². The van der Waals surface area contributed by atoms with E-state index in [9.17, 15) is 4.79 Å². The minimum Gasteiger partial charge on any atom is -0.379 e. The average molecular weight is 331 g/mol. The van der Waals surface area contributed by atoms with E-state index in [1.165, 1.54) is 5.56 Å². The minimum atomic E-state index is -0.539. The van der Waals surface area contributed by atoms with Crippen LogP contribution in [0.15, 0.2) is 42.6 Å². The second-order valence-corrected chi connectivity index (χ2v) is 5.37.